The predicted molar refractivity (Wildman–Crippen MR) is 147 cm³/mol. The van der Waals surface area contributed by atoms with Gasteiger partial charge < -0.3 is 21.5 Å². The summed E-state index contributed by atoms with van der Waals surface area (Å²) >= 11 is 1.39. The highest BCUT2D eigenvalue weighted by atomic mass is 32.1. The lowest BCUT2D eigenvalue weighted by Crippen LogP contribution is -2.38. The van der Waals surface area contributed by atoms with Crippen molar-refractivity contribution >= 4 is 44.1 Å². The third-order valence-electron chi connectivity index (χ3n) is 6.13. The number of imidazole rings is 1. The number of carbonyl (C=O) groups is 2. The largest absolute Gasteiger partial charge is 0.394 e. The Hall–Kier alpha value is -4.35. The van der Waals surface area contributed by atoms with E-state index in [0.29, 0.717) is 40.7 Å². The Balaban J connectivity index is 1.49. The number of aromatic nitrogens is 4. The lowest BCUT2D eigenvalue weighted by molar-refractivity contribution is 0.0905. The minimum atomic E-state index is -0.402. The van der Waals surface area contributed by atoms with Crippen molar-refractivity contribution in [1.82, 2.24) is 30.0 Å². The molecule has 1 atom stereocenters. The second kappa shape index (κ2) is 11.0. The van der Waals surface area contributed by atoms with Crippen LogP contribution in [0.4, 0.5) is 5.13 Å². The number of nitrogen functional groups attached to an aromatic ring is 1. The Morgan fingerprint density at radius 1 is 1.13 bits per heavy atom. The van der Waals surface area contributed by atoms with E-state index in [1.807, 2.05) is 31.2 Å². The van der Waals surface area contributed by atoms with E-state index in [0.717, 1.165) is 22.2 Å². The second-order valence-corrected chi connectivity index (χ2v) is 9.88. The number of aliphatic hydroxyl groups is 1. The zero-order chi connectivity index (χ0) is 26.6. The van der Waals surface area contributed by atoms with E-state index in [4.69, 9.17) is 10.7 Å². The van der Waals surface area contributed by atoms with Crippen LogP contribution in [-0.4, -0.2) is 48.9 Å². The number of anilines is 1. The van der Waals surface area contributed by atoms with Crippen LogP contribution in [0.15, 0.2) is 60.9 Å². The van der Waals surface area contributed by atoms with E-state index >= 15 is 0 Å². The van der Waals surface area contributed by atoms with Gasteiger partial charge in [0.15, 0.2) is 10.8 Å². The molecule has 38 heavy (non-hydrogen) atoms. The molecule has 0 unspecified atom stereocenters. The first kappa shape index (κ1) is 25.3. The zero-order valence-electron chi connectivity index (χ0n) is 20.7. The van der Waals surface area contributed by atoms with Crippen molar-refractivity contribution in [2.24, 2.45) is 0 Å². The molecule has 0 radical (unpaired) electrons. The quantitative estimate of drug-likeness (QED) is 0.229. The summed E-state index contributed by atoms with van der Waals surface area (Å²) in [5.74, 6) is -0.733. The van der Waals surface area contributed by atoms with Crippen LogP contribution >= 0.6 is 11.3 Å². The standard InChI is InChI=1S/C27H27N7O3S/c1-2-6-17(15-35)31-26(37)23-22(20-8-3-4-11-29-20)33-24-18(7-5-12-34(23)24)25(36)30-14-16-9-10-19-21(13-16)38-27(28)32-19/h3-5,7-13,17,35H,2,6,14-15H2,1H3,(H2,28,32)(H,30,36)(H,31,37)/t17-/m0/s1. The molecule has 1 aromatic carbocycles. The molecule has 5 N–H and O–H groups in total. The highest BCUT2D eigenvalue weighted by molar-refractivity contribution is 7.22. The summed E-state index contributed by atoms with van der Waals surface area (Å²) in [6.45, 7) is 2.10. The van der Waals surface area contributed by atoms with Gasteiger partial charge in [-0.3, -0.25) is 19.0 Å². The van der Waals surface area contributed by atoms with Gasteiger partial charge in [-0.05, 0) is 48.4 Å². The monoisotopic (exact) mass is 529 g/mol. The summed E-state index contributed by atoms with van der Waals surface area (Å²) in [5, 5.41) is 16.1. The molecule has 5 aromatic rings. The number of carbonyl (C=O) groups excluding carboxylic acids is 2. The maximum atomic E-state index is 13.4. The van der Waals surface area contributed by atoms with Crippen molar-refractivity contribution in [1.29, 1.82) is 0 Å². The van der Waals surface area contributed by atoms with Gasteiger partial charge in [0.05, 0.1) is 34.1 Å². The Kier molecular flexibility index (Phi) is 7.29. The van der Waals surface area contributed by atoms with Crippen molar-refractivity contribution in [2.45, 2.75) is 32.4 Å². The van der Waals surface area contributed by atoms with E-state index in [9.17, 15) is 14.7 Å². The topological polar surface area (TPSA) is 148 Å². The molecule has 4 aromatic heterocycles. The summed E-state index contributed by atoms with van der Waals surface area (Å²) in [7, 11) is 0. The molecule has 0 aliphatic heterocycles. The molecule has 0 saturated heterocycles. The first-order valence-corrected chi connectivity index (χ1v) is 13.1. The first-order chi connectivity index (χ1) is 18.5. The molecule has 0 saturated carbocycles. The number of benzene rings is 1. The number of amides is 2. The lowest BCUT2D eigenvalue weighted by Gasteiger charge is -2.15. The van der Waals surface area contributed by atoms with E-state index in [-0.39, 0.29) is 18.2 Å². The zero-order valence-corrected chi connectivity index (χ0v) is 21.5. The number of thiazole rings is 1. The maximum absolute atomic E-state index is 13.4. The van der Waals surface area contributed by atoms with Crippen molar-refractivity contribution in [3.63, 3.8) is 0 Å². The first-order valence-electron chi connectivity index (χ1n) is 12.3. The van der Waals surface area contributed by atoms with Crippen LogP contribution < -0.4 is 16.4 Å². The van der Waals surface area contributed by atoms with Gasteiger partial charge in [-0.1, -0.05) is 36.8 Å². The minimum Gasteiger partial charge on any atom is -0.394 e. The molecular formula is C27H27N7O3S. The minimum absolute atomic E-state index is 0.178. The summed E-state index contributed by atoms with van der Waals surface area (Å²) in [6, 6.07) is 14.0. The highest BCUT2D eigenvalue weighted by Crippen LogP contribution is 2.26. The van der Waals surface area contributed by atoms with Crippen LogP contribution in [0.5, 0.6) is 0 Å². The summed E-state index contributed by atoms with van der Waals surface area (Å²) < 4.78 is 2.55. The smallest absolute Gasteiger partial charge is 0.270 e. The molecule has 0 aliphatic carbocycles. The van der Waals surface area contributed by atoms with Gasteiger partial charge in [0.25, 0.3) is 11.8 Å². The fourth-order valence-corrected chi connectivity index (χ4v) is 5.13. The van der Waals surface area contributed by atoms with Gasteiger partial charge in [-0.25, -0.2) is 9.97 Å². The number of nitrogens with two attached hydrogens (primary N) is 1. The molecule has 4 heterocycles. The molecule has 0 spiro atoms. The van der Waals surface area contributed by atoms with E-state index in [2.05, 4.69) is 20.6 Å². The summed E-state index contributed by atoms with van der Waals surface area (Å²) in [6.07, 6.45) is 4.75. The number of pyridine rings is 2. The van der Waals surface area contributed by atoms with Crippen LogP contribution in [-0.2, 0) is 6.54 Å². The molecular weight excluding hydrogens is 502 g/mol. The molecule has 0 bridgehead atoms. The van der Waals surface area contributed by atoms with Crippen LogP contribution in [0.2, 0.25) is 0 Å². The van der Waals surface area contributed by atoms with E-state index in [1.54, 1.807) is 41.1 Å². The molecule has 2 amide bonds. The third kappa shape index (κ3) is 5.06. The van der Waals surface area contributed by atoms with Crippen molar-refractivity contribution < 1.29 is 14.7 Å². The summed E-state index contributed by atoms with van der Waals surface area (Å²) in [4.78, 5) is 40.1. The second-order valence-electron chi connectivity index (χ2n) is 8.82. The lowest BCUT2D eigenvalue weighted by atomic mass is 10.1. The van der Waals surface area contributed by atoms with Crippen LogP contribution in [0, 0.1) is 0 Å². The van der Waals surface area contributed by atoms with Gasteiger partial charge >= 0.3 is 0 Å². The number of hydrogen-bond acceptors (Lipinski definition) is 8. The van der Waals surface area contributed by atoms with E-state index < -0.39 is 11.9 Å². The number of nitrogens with zero attached hydrogens (tertiary/aromatic N) is 4. The molecule has 5 rings (SSSR count). The summed E-state index contributed by atoms with van der Waals surface area (Å²) in [5.41, 5.74) is 9.28. The van der Waals surface area contributed by atoms with Crippen LogP contribution in [0.1, 0.15) is 46.2 Å². The predicted octanol–water partition coefficient (Wildman–Crippen LogP) is 3.41. The Labute approximate surface area is 222 Å². The van der Waals surface area contributed by atoms with Gasteiger partial charge in [0.2, 0.25) is 0 Å². The number of fused-ring (bicyclic) bond motifs is 2. The number of aliphatic hydroxyl groups excluding tert-OH is 1. The maximum Gasteiger partial charge on any atom is 0.270 e. The molecule has 0 fully saturated rings. The van der Waals surface area contributed by atoms with Gasteiger partial charge in [-0.15, -0.1) is 0 Å². The molecule has 11 heteroatoms. The SMILES string of the molecule is CCC[C@@H](CO)NC(=O)c1c(-c2ccccn2)nc2c(C(=O)NCc3ccc4nc(N)sc4c3)cccn12. The van der Waals surface area contributed by atoms with Gasteiger partial charge in [0.1, 0.15) is 11.4 Å². The van der Waals surface area contributed by atoms with Crippen molar-refractivity contribution in [3.8, 4) is 11.4 Å². The normalized spacial score (nSPS) is 12.1. The highest BCUT2D eigenvalue weighted by Gasteiger charge is 2.25. The fraction of sp³-hybridized carbons (Fsp3) is 0.222. The Bertz CT molecular complexity index is 1610. The van der Waals surface area contributed by atoms with Gasteiger partial charge in [0, 0.05) is 18.9 Å². The fourth-order valence-electron chi connectivity index (χ4n) is 4.33. The number of nitrogens with one attached hydrogen (secondary N) is 2. The third-order valence-corrected chi connectivity index (χ3v) is 6.98. The average molecular weight is 530 g/mol. The molecule has 194 valence electrons. The van der Waals surface area contributed by atoms with Crippen LogP contribution in [0.25, 0.3) is 27.3 Å². The Morgan fingerprint density at radius 2 is 2.00 bits per heavy atom. The average Bonchev–Trinajstić information content (AvgIpc) is 3.51. The van der Waals surface area contributed by atoms with Gasteiger partial charge in [-0.2, -0.15) is 0 Å². The Morgan fingerprint density at radius 3 is 2.76 bits per heavy atom. The molecule has 10 nitrogen and oxygen atoms in total. The molecule has 0 aliphatic rings. The van der Waals surface area contributed by atoms with E-state index in [1.165, 1.54) is 11.3 Å². The van der Waals surface area contributed by atoms with Crippen molar-refractivity contribution in [2.75, 3.05) is 12.3 Å². The number of hydrogen-bond donors (Lipinski definition) is 4. The number of rotatable bonds is 9. The van der Waals surface area contributed by atoms with Crippen molar-refractivity contribution in [3.05, 3.63) is 77.7 Å². The van der Waals surface area contributed by atoms with Crippen LogP contribution in [0.3, 0.4) is 0 Å².